The van der Waals surface area contributed by atoms with Crippen molar-refractivity contribution in [3.63, 3.8) is 0 Å². The van der Waals surface area contributed by atoms with Gasteiger partial charge in [0.05, 0.1) is 6.07 Å². The van der Waals surface area contributed by atoms with Gasteiger partial charge in [0.1, 0.15) is 0 Å². The number of hydrogen-bond donors (Lipinski definition) is 0. The summed E-state index contributed by atoms with van der Waals surface area (Å²) in [7, 11) is -0.583. The van der Waals surface area contributed by atoms with Gasteiger partial charge in [-0.25, -0.2) is 0 Å². The Morgan fingerprint density at radius 2 is 1.93 bits per heavy atom. The van der Waals surface area contributed by atoms with Crippen molar-refractivity contribution in [3.05, 3.63) is 0 Å². The molecular weight excluding hydrogens is 190 g/mol. The lowest BCUT2D eigenvalue weighted by atomic mass is 10.1. The van der Waals surface area contributed by atoms with Crippen LogP contribution in [0.2, 0.25) is 13.1 Å². The van der Waals surface area contributed by atoms with Gasteiger partial charge in [-0.1, -0.05) is 19.8 Å². The normalized spacial score (nSPS) is 12.8. The largest absolute Gasteiger partial charge is 0.414 e. The van der Waals surface area contributed by atoms with Crippen molar-refractivity contribution in [2.45, 2.75) is 64.6 Å². The Balaban J connectivity index is 3.67. The second kappa shape index (κ2) is 9.23. The molecule has 1 radical (unpaired) electrons. The van der Waals surface area contributed by atoms with Gasteiger partial charge in [0.25, 0.3) is 0 Å². The van der Waals surface area contributed by atoms with Gasteiger partial charge in [-0.3, -0.25) is 0 Å². The lowest BCUT2D eigenvalue weighted by molar-refractivity contribution is 0.177. The van der Waals surface area contributed by atoms with Crippen LogP contribution in [0.4, 0.5) is 0 Å². The van der Waals surface area contributed by atoms with E-state index in [-0.39, 0.29) is 0 Å². The van der Waals surface area contributed by atoms with E-state index >= 15 is 0 Å². The van der Waals surface area contributed by atoms with Crippen molar-refractivity contribution < 1.29 is 4.43 Å². The minimum atomic E-state index is -0.583. The van der Waals surface area contributed by atoms with E-state index in [9.17, 15) is 0 Å². The standard InChI is InChI=1S/C11H22NOSi/c1-4-5-8-11(13-14(2)3)9-6-7-10-12/h11H,4-9H2,1-3H3. The summed E-state index contributed by atoms with van der Waals surface area (Å²) in [5.41, 5.74) is 0. The Hall–Kier alpha value is -0.333. The summed E-state index contributed by atoms with van der Waals surface area (Å²) in [6.45, 7) is 6.55. The maximum absolute atomic E-state index is 8.45. The summed E-state index contributed by atoms with van der Waals surface area (Å²) in [5.74, 6) is 0. The highest BCUT2D eigenvalue weighted by Gasteiger charge is 2.10. The van der Waals surface area contributed by atoms with Gasteiger partial charge in [0.2, 0.25) is 9.04 Å². The first-order valence-corrected chi connectivity index (χ1v) is 7.95. The number of rotatable bonds is 8. The molecule has 0 spiro atoms. The van der Waals surface area contributed by atoms with Gasteiger partial charge in [-0.15, -0.1) is 0 Å². The van der Waals surface area contributed by atoms with Crippen molar-refractivity contribution in [3.8, 4) is 6.07 Å². The van der Waals surface area contributed by atoms with E-state index in [0.29, 0.717) is 12.5 Å². The summed E-state index contributed by atoms with van der Waals surface area (Å²) in [4.78, 5) is 0. The molecule has 0 fully saturated rings. The van der Waals surface area contributed by atoms with Gasteiger partial charge in [0, 0.05) is 12.5 Å². The fraction of sp³-hybridized carbons (Fsp3) is 0.909. The lowest BCUT2D eigenvalue weighted by Gasteiger charge is -2.19. The molecule has 0 aliphatic carbocycles. The lowest BCUT2D eigenvalue weighted by Crippen LogP contribution is -2.20. The van der Waals surface area contributed by atoms with E-state index in [1.54, 1.807) is 0 Å². The van der Waals surface area contributed by atoms with E-state index in [1.807, 2.05) is 0 Å². The van der Waals surface area contributed by atoms with Crippen LogP contribution in [0.1, 0.15) is 45.4 Å². The van der Waals surface area contributed by atoms with Crippen LogP contribution < -0.4 is 0 Å². The number of nitrogens with zero attached hydrogens (tertiary/aromatic N) is 1. The fourth-order valence-electron chi connectivity index (χ4n) is 1.44. The zero-order valence-electron chi connectivity index (χ0n) is 9.68. The third kappa shape index (κ3) is 8.27. The van der Waals surface area contributed by atoms with Gasteiger partial charge in [0.15, 0.2) is 0 Å². The molecule has 1 unspecified atom stereocenters. The van der Waals surface area contributed by atoms with E-state index in [2.05, 4.69) is 26.1 Å². The van der Waals surface area contributed by atoms with Crippen LogP contribution in [0.15, 0.2) is 0 Å². The predicted octanol–water partition coefficient (Wildman–Crippen LogP) is 3.51. The molecule has 0 N–H and O–H groups in total. The van der Waals surface area contributed by atoms with Crippen molar-refractivity contribution in [2.24, 2.45) is 0 Å². The molecule has 0 aromatic rings. The predicted molar refractivity (Wildman–Crippen MR) is 61.3 cm³/mol. The minimum Gasteiger partial charge on any atom is -0.414 e. The zero-order valence-corrected chi connectivity index (χ0v) is 10.7. The summed E-state index contributed by atoms with van der Waals surface area (Å²) < 4.78 is 5.89. The topological polar surface area (TPSA) is 33.0 Å². The van der Waals surface area contributed by atoms with E-state index < -0.39 is 9.04 Å². The maximum Gasteiger partial charge on any atom is 0.205 e. The number of hydrogen-bond acceptors (Lipinski definition) is 2. The summed E-state index contributed by atoms with van der Waals surface area (Å²) in [6, 6.07) is 2.19. The molecule has 81 valence electrons. The van der Waals surface area contributed by atoms with Gasteiger partial charge < -0.3 is 4.43 Å². The second-order valence-corrected chi connectivity index (χ2v) is 5.89. The van der Waals surface area contributed by atoms with Crippen LogP contribution in [0, 0.1) is 11.3 Å². The molecule has 0 heterocycles. The Morgan fingerprint density at radius 3 is 2.43 bits per heavy atom. The average Bonchev–Trinajstić information content (AvgIpc) is 2.13. The van der Waals surface area contributed by atoms with E-state index in [0.717, 1.165) is 19.3 Å². The first kappa shape index (κ1) is 13.7. The molecule has 0 amide bonds. The van der Waals surface area contributed by atoms with Gasteiger partial charge in [-0.2, -0.15) is 5.26 Å². The molecule has 0 aromatic carbocycles. The molecule has 0 aromatic heterocycles. The van der Waals surface area contributed by atoms with Crippen LogP contribution >= 0.6 is 0 Å². The molecule has 0 aliphatic rings. The third-order valence-corrected chi connectivity index (χ3v) is 2.90. The molecule has 0 saturated carbocycles. The highest BCUT2D eigenvalue weighted by Crippen LogP contribution is 2.13. The molecule has 14 heavy (non-hydrogen) atoms. The van der Waals surface area contributed by atoms with E-state index in [1.165, 1.54) is 12.8 Å². The second-order valence-electron chi connectivity index (χ2n) is 3.84. The first-order valence-electron chi connectivity index (χ1n) is 5.54. The maximum atomic E-state index is 8.45. The average molecular weight is 212 g/mol. The Bertz CT molecular complexity index is 165. The molecule has 0 bridgehead atoms. The number of nitriles is 1. The smallest absolute Gasteiger partial charge is 0.205 e. The van der Waals surface area contributed by atoms with Gasteiger partial charge >= 0.3 is 0 Å². The first-order chi connectivity index (χ1) is 6.70. The fourth-order valence-corrected chi connectivity index (χ4v) is 2.34. The van der Waals surface area contributed by atoms with Crippen LogP contribution in [0.5, 0.6) is 0 Å². The van der Waals surface area contributed by atoms with Crippen molar-refractivity contribution >= 4 is 9.04 Å². The SMILES string of the molecule is CCCCC(CCCC#N)O[Si](C)C. The minimum absolute atomic E-state index is 0.409. The Morgan fingerprint density at radius 1 is 1.29 bits per heavy atom. The quantitative estimate of drug-likeness (QED) is 0.455. The third-order valence-electron chi connectivity index (χ3n) is 2.10. The Kier molecular flexibility index (Phi) is 9.01. The molecule has 0 rings (SSSR count). The van der Waals surface area contributed by atoms with E-state index in [4.69, 9.17) is 9.69 Å². The van der Waals surface area contributed by atoms with Crippen LogP contribution in [-0.2, 0) is 4.43 Å². The molecule has 0 aliphatic heterocycles. The van der Waals surface area contributed by atoms with Crippen LogP contribution in [-0.4, -0.2) is 15.1 Å². The summed E-state index contributed by atoms with van der Waals surface area (Å²) in [6.07, 6.45) is 6.76. The van der Waals surface area contributed by atoms with Crippen LogP contribution in [0.25, 0.3) is 0 Å². The molecular formula is C11H22NOSi. The molecule has 3 heteroatoms. The highest BCUT2D eigenvalue weighted by molar-refractivity contribution is 6.48. The summed E-state index contributed by atoms with van der Waals surface area (Å²) in [5, 5.41) is 8.45. The van der Waals surface area contributed by atoms with Crippen molar-refractivity contribution in [1.29, 1.82) is 5.26 Å². The highest BCUT2D eigenvalue weighted by atomic mass is 28.3. The van der Waals surface area contributed by atoms with Crippen molar-refractivity contribution in [1.82, 2.24) is 0 Å². The van der Waals surface area contributed by atoms with Gasteiger partial charge in [-0.05, 0) is 32.4 Å². The monoisotopic (exact) mass is 212 g/mol. The Labute approximate surface area is 90.0 Å². The molecule has 2 nitrogen and oxygen atoms in total. The summed E-state index contributed by atoms with van der Waals surface area (Å²) >= 11 is 0. The molecule has 1 atom stereocenters. The van der Waals surface area contributed by atoms with Crippen LogP contribution in [0.3, 0.4) is 0 Å². The zero-order chi connectivity index (χ0) is 10.8. The molecule has 0 saturated heterocycles. The number of unbranched alkanes of at least 4 members (excludes halogenated alkanes) is 2. The van der Waals surface area contributed by atoms with Crippen molar-refractivity contribution in [2.75, 3.05) is 0 Å².